The minimum atomic E-state index is -0.545. The summed E-state index contributed by atoms with van der Waals surface area (Å²) in [7, 11) is 1.56. The van der Waals surface area contributed by atoms with E-state index in [2.05, 4.69) is 0 Å². The van der Waals surface area contributed by atoms with Gasteiger partial charge in [0.2, 0.25) is 5.91 Å². The average Bonchev–Trinajstić information content (AvgIpc) is 2.46. The van der Waals surface area contributed by atoms with Crippen LogP contribution >= 0.6 is 0 Å². The quantitative estimate of drug-likeness (QED) is 0.459. The Labute approximate surface area is 81.3 Å². The third-order valence-electron chi connectivity index (χ3n) is 2.39. The summed E-state index contributed by atoms with van der Waals surface area (Å²) in [6, 6.07) is -0.545. The minimum absolute atomic E-state index is 0.0343. The van der Waals surface area contributed by atoms with Crippen molar-refractivity contribution in [2.45, 2.75) is 18.7 Å². The number of carbonyl (C=O) groups is 2. The molecule has 2 saturated heterocycles. The SMILES string of the molecule is COC/C=C1\OC2CC(=O)N2C1C=O. The van der Waals surface area contributed by atoms with Crippen LogP contribution < -0.4 is 0 Å². The Bertz CT molecular complexity index is 299. The first-order chi connectivity index (χ1) is 6.77. The fourth-order valence-electron chi connectivity index (χ4n) is 1.66. The van der Waals surface area contributed by atoms with E-state index in [0.29, 0.717) is 18.8 Å². The van der Waals surface area contributed by atoms with Crippen LogP contribution in [0.25, 0.3) is 0 Å². The molecular formula is C9H11NO4. The molecule has 2 atom stereocenters. The highest BCUT2D eigenvalue weighted by atomic mass is 16.5. The van der Waals surface area contributed by atoms with Crippen LogP contribution in [0.15, 0.2) is 11.8 Å². The lowest BCUT2D eigenvalue weighted by Crippen LogP contribution is -2.53. The fourth-order valence-corrected chi connectivity index (χ4v) is 1.66. The Morgan fingerprint density at radius 1 is 1.71 bits per heavy atom. The van der Waals surface area contributed by atoms with Crippen LogP contribution in [-0.4, -0.2) is 43.1 Å². The van der Waals surface area contributed by atoms with Crippen molar-refractivity contribution in [3.63, 3.8) is 0 Å². The predicted octanol–water partition coefficient (Wildman–Crippen LogP) is -0.327. The van der Waals surface area contributed by atoms with E-state index in [1.54, 1.807) is 13.2 Å². The molecule has 0 aromatic heterocycles. The highest BCUT2D eigenvalue weighted by molar-refractivity contribution is 5.87. The summed E-state index contributed by atoms with van der Waals surface area (Å²) in [6.07, 6.45) is 2.54. The molecule has 76 valence electrons. The van der Waals surface area contributed by atoms with E-state index in [1.807, 2.05) is 0 Å². The number of aldehydes is 1. The van der Waals surface area contributed by atoms with Crippen molar-refractivity contribution in [3.05, 3.63) is 11.8 Å². The highest BCUT2D eigenvalue weighted by Gasteiger charge is 2.50. The molecule has 2 fully saturated rings. The van der Waals surface area contributed by atoms with Gasteiger partial charge in [-0.05, 0) is 6.08 Å². The molecule has 0 radical (unpaired) electrons. The zero-order valence-corrected chi connectivity index (χ0v) is 7.80. The zero-order chi connectivity index (χ0) is 10.1. The maximum atomic E-state index is 11.1. The average molecular weight is 197 g/mol. The van der Waals surface area contributed by atoms with Crippen molar-refractivity contribution in [2.24, 2.45) is 0 Å². The van der Waals surface area contributed by atoms with Crippen molar-refractivity contribution in [1.82, 2.24) is 4.90 Å². The van der Waals surface area contributed by atoms with Crippen molar-refractivity contribution in [3.8, 4) is 0 Å². The molecule has 0 N–H and O–H groups in total. The van der Waals surface area contributed by atoms with Gasteiger partial charge in [0.05, 0.1) is 13.0 Å². The van der Waals surface area contributed by atoms with Crippen LogP contribution in [-0.2, 0) is 19.1 Å². The number of nitrogens with zero attached hydrogens (tertiary/aromatic N) is 1. The molecule has 0 aliphatic carbocycles. The summed E-state index contributed by atoms with van der Waals surface area (Å²) in [5.74, 6) is 0.491. The molecule has 1 amide bonds. The zero-order valence-electron chi connectivity index (χ0n) is 7.80. The third kappa shape index (κ3) is 1.21. The van der Waals surface area contributed by atoms with Crippen LogP contribution in [0.2, 0.25) is 0 Å². The van der Waals surface area contributed by atoms with Crippen molar-refractivity contribution >= 4 is 12.2 Å². The van der Waals surface area contributed by atoms with E-state index in [0.717, 1.165) is 6.29 Å². The smallest absolute Gasteiger partial charge is 0.232 e. The number of amides is 1. The van der Waals surface area contributed by atoms with Gasteiger partial charge in [-0.15, -0.1) is 0 Å². The maximum absolute atomic E-state index is 11.1. The summed E-state index contributed by atoms with van der Waals surface area (Å²) in [4.78, 5) is 23.3. The molecule has 2 unspecified atom stereocenters. The van der Waals surface area contributed by atoms with E-state index < -0.39 is 6.04 Å². The molecule has 0 bridgehead atoms. The number of carbonyl (C=O) groups excluding carboxylic acids is 2. The fraction of sp³-hybridized carbons (Fsp3) is 0.556. The Hall–Kier alpha value is -1.36. The number of ether oxygens (including phenoxy) is 2. The van der Waals surface area contributed by atoms with Gasteiger partial charge >= 0.3 is 0 Å². The molecule has 0 saturated carbocycles. The van der Waals surface area contributed by atoms with Gasteiger partial charge in [0, 0.05) is 7.11 Å². The molecule has 2 heterocycles. The minimum Gasteiger partial charge on any atom is -0.472 e. The van der Waals surface area contributed by atoms with Crippen molar-refractivity contribution in [1.29, 1.82) is 0 Å². The second kappa shape index (κ2) is 3.42. The largest absolute Gasteiger partial charge is 0.472 e. The van der Waals surface area contributed by atoms with Gasteiger partial charge in [0.1, 0.15) is 18.1 Å². The first-order valence-electron chi connectivity index (χ1n) is 4.40. The molecule has 5 heteroatoms. The topological polar surface area (TPSA) is 55.8 Å². The molecule has 0 aromatic rings. The molecule has 5 nitrogen and oxygen atoms in total. The second-order valence-electron chi connectivity index (χ2n) is 3.22. The number of hydrogen-bond donors (Lipinski definition) is 0. The number of fused-ring (bicyclic) bond motifs is 1. The summed E-state index contributed by atoms with van der Waals surface area (Å²) in [5, 5.41) is 0. The van der Waals surface area contributed by atoms with Gasteiger partial charge in [-0.25, -0.2) is 0 Å². The van der Waals surface area contributed by atoms with Gasteiger partial charge < -0.3 is 14.3 Å². The molecule has 2 aliphatic heterocycles. The van der Waals surface area contributed by atoms with Gasteiger partial charge in [0.15, 0.2) is 6.23 Å². The number of β-lactam (4-membered cyclic amide) rings is 1. The first-order valence-corrected chi connectivity index (χ1v) is 4.40. The van der Waals surface area contributed by atoms with Gasteiger partial charge in [-0.3, -0.25) is 9.69 Å². The number of methoxy groups -OCH3 is 1. The van der Waals surface area contributed by atoms with Crippen LogP contribution in [0.4, 0.5) is 0 Å². The van der Waals surface area contributed by atoms with Crippen molar-refractivity contribution in [2.75, 3.05) is 13.7 Å². The normalized spacial score (nSPS) is 32.5. The Morgan fingerprint density at radius 2 is 2.50 bits per heavy atom. The second-order valence-corrected chi connectivity index (χ2v) is 3.22. The Kier molecular flexibility index (Phi) is 2.25. The van der Waals surface area contributed by atoms with Gasteiger partial charge in [0.25, 0.3) is 0 Å². The van der Waals surface area contributed by atoms with E-state index in [4.69, 9.17) is 9.47 Å². The lowest BCUT2D eigenvalue weighted by Gasteiger charge is -2.32. The van der Waals surface area contributed by atoms with E-state index in [-0.39, 0.29) is 12.1 Å². The number of rotatable bonds is 3. The van der Waals surface area contributed by atoms with E-state index >= 15 is 0 Å². The molecule has 0 aromatic carbocycles. The summed E-state index contributed by atoms with van der Waals surface area (Å²) in [5.41, 5.74) is 0. The summed E-state index contributed by atoms with van der Waals surface area (Å²) >= 11 is 0. The van der Waals surface area contributed by atoms with Gasteiger partial charge in [-0.2, -0.15) is 0 Å². The maximum Gasteiger partial charge on any atom is 0.232 e. The monoisotopic (exact) mass is 197 g/mol. The molecule has 0 spiro atoms. The third-order valence-corrected chi connectivity index (χ3v) is 2.39. The van der Waals surface area contributed by atoms with Crippen LogP contribution in [0.3, 0.4) is 0 Å². The summed E-state index contributed by atoms with van der Waals surface area (Å²) in [6.45, 7) is 0.383. The Morgan fingerprint density at radius 3 is 3.07 bits per heavy atom. The highest BCUT2D eigenvalue weighted by Crippen LogP contribution is 2.35. The predicted molar refractivity (Wildman–Crippen MR) is 46.1 cm³/mol. The van der Waals surface area contributed by atoms with E-state index in [9.17, 15) is 9.59 Å². The van der Waals surface area contributed by atoms with Crippen molar-refractivity contribution < 1.29 is 19.1 Å². The molecule has 14 heavy (non-hydrogen) atoms. The van der Waals surface area contributed by atoms with E-state index in [1.165, 1.54) is 4.90 Å². The lowest BCUT2D eigenvalue weighted by molar-refractivity contribution is -0.157. The standard InChI is InChI=1S/C9H11NO4/c1-13-3-2-7-6(5-11)10-8(12)4-9(10)14-7/h2,5-6,9H,3-4H2,1H3/b7-2-. The lowest BCUT2D eigenvalue weighted by atomic mass is 10.1. The molecule has 2 rings (SSSR count). The molecular weight excluding hydrogens is 186 g/mol. The van der Waals surface area contributed by atoms with Crippen LogP contribution in [0.1, 0.15) is 6.42 Å². The number of hydrogen-bond acceptors (Lipinski definition) is 4. The van der Waals surface area contributed by atoms with Crippen LogP contribution in [0, 0.1) is 0 Å². The van der Waals surface area contributed by atoms with Crippen LogP contribution in [0.5, 0.6) is 0 Å². The summed E-state index contributed by atoms with van der Waals surface area (Å²) < 4.78 is 10.2. The Balaban J connectivity index is 2.13. The first kappa shape index (κ1) is 9.21. The molecule has 2 aliphatic rings. The van der Waals surface area contributed by atoms with Gasteiger partial charge in [-0.1, -0.05) is 0 Å².